The molecule has 8 heteroatoms. The number of hydrogen-bond acceptors (Lipinski definition) is 5. The molecule has 0 atom stereocenters. The molecule has 5 rings (SSSR count). The first-order valence-corrected chi connectivity index (χ1v) is 9.07. The van der Waals surface area contributed by atoms with Crippen LogP contribution in [0.3, 0.4) is 0 Å². The molecule has 1 amide bonds. The number of likely N-dealkylation sites (tertiary alicyclic amines) is 1. The molecule has 6 nitrogen and oxygen atoms in total. The van der Waals surface area contributed by atoms with Crippen molar-refractivity contribution >= 4 is 11.6 Å². The smallest absolute Gasteiger partial charge is 0.282 e. The Morgan fingerprint density at radius 2 is 1.96 bits per heavy atom. The third kappa shape index (κ3) is 2.80. The number of anilines is 1. The number of nitrogens with zero attached hydrogens (tertiary/aromatic N) is 3. The van der Waals surface area contributed by atoms with Crippen LogP contribution >= 0.6 is 0 Å². The minimum atomic E-state index is -2.67. The van der Waals surface area contributed by atoms with Crippen LogP contribution in [0.1, 0.15) is 23.3 Å². The van der Waals surface area contributed by atoms with Crippen molar-refractivity contribution in [2.75, 3.05) is 50.9 Å². The molecule has 1 saturated carbocycles. The van der Waals surface area contributed by atoms with Crippen LogP contribution in [0.5, 0.6) is 5.88 Å². The molecule has 0 bridgehead atoms. The van der Waals surface area contributed by atoms with Gasteiger partial charge in [0.1, 0.15) is 11.4 Å². The van der Waals surface area contributed by atoms with Gasteiger partial charge in [0.25, 0.3) is 11.8 Å². The predicted octanol–water partition coefficient (Wildman–Crippen LogP) is 1.80. The molecule has 3 saturated heterocycles. The Kier molecular flexibility index (Phi) is 3.44. The van der Waals surface area contributed by atoms with Crippen molar-refractivity contribution < 1.29 is 23.0 Å². The minimum absolute atomic E-state index is 0.140. The van der Waals surface area contributed by atoms with Crippen LogP contribution in [0.15, 0.2) is 12.1 Å². The van der Waals surface area contributed by atoms with Crippen molar-refractivity contribution in [3.8, 4) is 5.88 Å². The number of pyridine rings is 1. The fraction of sp³-hybridized carbons (Fsp3) is 0.667. The van der Waals surface area contributed by atoms with Gasteiger partial charge in [-0.2, -0.15) is 0 Å². The van der Waals surface area contributed by atoms with Gasteiger partial charge in [0.2, 0.25) is 5.88 Å². The number of carbonyl (C=O) groups excluding carboxylic acids is 1. The van der Waals surface area contributed by atoms with Crippen LogP contribution in [-0.2, 0) is 4.74 Å². The first-order chi connectivity index (χ1) is 12.4. The molecular weight excluding hydrogens is 344 g/mol. The number of alkyl halides is 2. The molecule has 4 fully saturated rings. The summed E-state index contributed by atoms with van der Waals surface area (Å²) in [5.74, 6) is -2.01. The second kappa shape index (κ2) is 5.52. The molecule has 0 N–H and O–H groups in total. The Morgan fingerprint density at radius 1 is 1.23 bits per heavy atom. The number of halogens is 2. The molecule has 140 valence electrons. The highest BCUT2D eigenvalue weighted by atomic mass is 19.3. The van der Waals surface area contributed by atoms with Crippen molar-refractivity contribution in [3.05, 3.63) is 17.8 Å². The summed E-state index contributed by atoms with van der Waals surface area (Å²) in [4.78, 5) is 20.4. The molecule has 0 aromatic carbocycles. The number of ether oxygens (including phenoxy) is 2. The highest BCUT2D eigenvalue weighted by Crippen LogP contribution is 2.40. The SMILES string of the molecule is O=C(c1ccc(N2CC(F)(F)C2)c(OCC2CC2)n1)N1CC2(COC2)C1. The maximum absolute atomic E-state index is 13.2. The fourth-order valence-corrected chi connectivity index (χ4v) is 3.71. The molecule has 3 aliphatic heterocycles. The quantitative estimate of drug-likeness (QED) is 0.797. The van der Waals surface area contributed by atoms with E-state index in [4.69, 9.17) is 9.47 Å². The Bertz CT molecular complexity index is 733. The van der Waals surface area contributed by atoms with Gasteiger partial charge >= 0.3 is 0 Å². The van der Waals surface area contributed by atoms with Gasteiger partial charge in [0.05, 0.1) is 38.3 Å². The number of aromatic nitrogens is 1. The molecule has 1 spiro atoms. The van der Waals surface area contributed by atoms with Crippen molar-refractivity contribution in [2.24, 2.45) is 11.3 Å². The third-order valence-corrected chi connectivity index (χ3v) is 5.55. The average Bonchev–Trinajstić information content (AvgIpc) is 3.31. The van der Waals surface area contributed by atoms with Gasteiger partial charge in [-0.1, -0.05) is 0 Å². The molecule has 1 aromatic rings. The van der Waals surface area contributed by atoms with Crippen LogP contribution in [0.25, 0.3) is 0 Å². The summed E-state index contributed by atoms with van der Waals surface area (Å²) in [7, 11) is 0. The van der Waals surface area contributed by atoms with Crippen molar-refractivity contribution in [3.63, 3.8) is 0 Å². The molecule has 4 heterocycles. The topological polar surface area (TPSA) is 54.9 Å². The zero-order valence-corrected chi connectivity index (χ0v) is 14.4. The maximum Gasteiger partial charge on any atom is 0.282 e. The highest BCUT2D eigenvalue weighted by Gasteiger charge is 2.51. The zero-order chi connectivity index (χ0) is 17.9. The zero-order valence-electron chi connectivity index (χ0n) is 14.4. The summed E-state index contributed by atoms with van der Waals surface area (Å²) in [5.41, 5.74) is 0.993. The van der Waals surface area contributed by atoms with Crippen molar-refractivity contribution in [1.29, 1.82) is 0 Å². The maximum atomic E-state index is 13.2. The number of rotatable bonds is 5. The van der Waals surface area contributed by atoms with Gasteiger partial charge < -0.3 is 19.3 Å². The van der Waals surface area contributed by atoms with E-state index < -0.39 is 5.92 Å². The first-order valence-electron chi connectivity index (χ1n) is 9.07. The number of hydrogen-bond donors (Lipinski definition) is 0. The van der Waals surface area contributed by atoms with Crippen LogP contribution < -0.4 is 9.64 Å². The molecule has 1 aromatic heterocycles. The fourth-order valence-electron chi connectivity index (χ4n) is 3.71. The number of amides is 1. The lowest BCUT2D eigenvalue weighted by atomic mass is 9.78. The Morgan fingerprint density at radius 3 is 2.54 bits per heavy atom. The van der Waals surface area contributed by atoms with E-state index >= 15 is 0 Å². The van der Waals surface area contributed by atoms with Crippen LogP contribution in [0.4, 0.5) is 14.5 Å². The van der Waals surface area contributed by atoms with Crippen LogP contribution in [0.2, 0.25) is 0 Å². The van der Waals surface area contributed by atoms with E-state index in [9.17, 15) is 13.6 Å². The normalized spacial score (nSPS) is 25.3. The Balaban J connectivity index is 1.33. The minimum Gasteiger partial charge on any atom is -0.476 e. The molecule has 1 aliphatic carbocycles. The van der Waals surface area contributed by atoms with E-state index in [1.54, 1.807) is 21.9 Å². The summed E-state index contributed by atoms with van der Waals surface area (Å²) in [6.45, 7) is 2.64. The Labute approximate surface area is 150 Å². The summed E-state index contributed by atoms with van der Waals surface area (Å²) in [6, 6.07) is 3.29. The predicted molar refractivity (Wildman–Crippen MR) is 88.8 cm³/mol. The lowest BCUT2D eigenvalue weighted by Crippen LogP contribution is -2.67. The van der Waals surface area contributed by atoms with E-state index in [0.29, 0.717) is 56.1 Å². The molecule has 0 unspecified atom stereocenters. The van der Waals surface area contributed by atoms with Gasteiger partial charge in [-0.25, -0.2) is 13.8 Å². The largest absolute Gasteiger partial charge is 0.476 e. The molecule has 0 radical (unpaired) electrons. The van der Waals surface area contributed by atoms with Gasteiger partial charge in [0, 0.05) is 13.1 Å². The first kappa shape index (κ1) is 16.2. The van der Waals surface area contributed by atoms with E-state index in [0.717, 1.165) is 12.8 Å². The summed E-state index contributed by atoms with van der Waals surface area (Å²) in [5, 5.41) is 0. The van der Waals surface area contributed by atoms with E-state index in [1.165, 1.54) is 0 Å². The number of carbonyl (C=O) groups is 1. The Hall–Kier alpha value is -1.96. The summed E-state index contributed by atoms with van der Waals surface area (Å²) >= 11 is 0. The van der Waals surface area contributed by atoms with Gasteiger partial charge in [-0.3, -0.25) is 4.79 Å². The second-order valence-electron chi connectivity index (χ2n) is 8.14. The molecule has 4 aliphatic rings. The van der Waals surface area contributed by atoms with Crippen LogP contribution in [-0.4, -0.2) is 67.7 Å². The van der Waals surface area contributed by atoms with E-state index in [-0.39, 0.29) is 24.4 Å². The lowest BCUT2D eigenvalue weighted by molar-refractivity contribution is -0.176. The summed E-state index contributed by atoms with van der Waals surface area (Å²) < 4.78 is 37.5. The van der Waals surface area contributed by atoms with Gasteiger partial charge in [-0.05, 0) is 30.9 Å². The van der Waals surface area contributed by atoms with Gasteiger partial charge in [0.15, 0.2) is 0 Å². The molecular formula is C18H21F2N3O3. The second-order valence-corrected chi connectivity index (χ2v) is 8.14. The third-order valence-electron chi connectivity index (χ3n) is 5.55. The van der Waals surface area contributed by atoms with E-state index in [1.807, 2.05) is 0 Å². The monoisotopic (exact) mass is 365 g/mol. The van der Waals surface area contributed by atoms with Crippen molar-refractivity contribution in [2.45, 2.75) is 18.8 Å². The summed E-state index contributed by atoms with van der Waals surface area (Å²) in [6.07, 6.45) is 2.24. The van der Waals surface area contributed by atoms with Crippen LogP contribution in [0, 0.1) is 11.3 Å². The molecule has 26 heavy (non-hydrogen) atoms. The highest BCUT2D eigenvalue weighted by molar-refractivity contribution is 5.93. The van der Waals surface area contributed by atoms with E-state index in [2.05, 4.69) is 4.98 Å². The van der Waals surface area contributed by atoms with Crippen molar-refractivity contribution in [1.82, 2.24) is 9.88 Å². The lowest BCUT2D eigenvalue weighted by Gasteiger charge is -2.54. The average molecular weight is 365 g/mol. The van der Waals surface area contributed by atoms with Gasteiger partial charge in [-0.15, -0.1) is 0 Å². The standard InChI is InChI=1S/C18H21F2N3O3/c19-18(20)8-22(9-18)14-4-3-13(21-15(14)26-5-12-1-2-12)16(24)23-6-17(7-23)10-25-11-17/h3-4,12H,1-2,5-11H2.